The molecule has 1 nitrogen and oxygen atoms in total. The van der Waals surface area contributed by atoms with Crippen LogP contribution in [-0.2, 0) is 0 Å². The van der Waals surface area contributed by atoms with Gasteiger partial charge in [-0.3, -0.25) is 0 Å². The molecular weight excluding hydrogens is 182 g/mol. The SMILES string of the molecule is C=C(CC)C1(CCC)CCC(CNC)C1. The van der Waals surface area contributed by atoms with Gasteiger partial charge in [-0.25, -0.2) is 0 Å². The summed E-state index contributed by atoms with van der Waals surface area (Å²) in [5, 5.41) is 3.32. The van der Waals surface area contributed by atoms with Crippen molar-refractivity contribution in [2.75, 3.05) is 13.6 Å². The van der Waals surface area contributed by atoms with E-state index in [1.165, 1.54) is 44.2 Å². The van der Waals surface area contributed by atoms with E-state index >= 15 is 0 Å². The van der Waals surface area contributed by atoms with Crippen LogP contribution in [0, 0.1) is 11.3 Å². The van der Waals surface area contributed by atoms with Crippen LogP contribution in [0.15, 0.2) is 12.2 Å². The fraction of sp³-hybridized carbons (Fsp3) is 0.857. The lowest BCUT2D eigenvalue weighted by atomic mass is 9.74. The Hall–Kier alpha value is -0.300. The molecule has 0 saturated heterocycles. The Morgan fingerprint density at radius 2 is 2.20 bits per heavy atom. The minimum absolute atomic E-state index is 0.491. The molecule has 1 heteroatoms. The zero-order chi connectivity index (χ0) is 11.3. The molecule has 1 aliphatic carbocycles. The third kappa shape index (κ3) is 2.84. The summed E-state index contributed by atoms with van der Waals surface area (Å²) in [7, 11) is 2.06. The maximum atomic E-state index is 4.32. The second-order valence-electron chi connectivity index (χ2n) is 5.15. The predicted octanol–water partition coefficient (Wildman–Crippen LogP) is 3.76. The number of nitrogens with one attached hydrogen (secondary N) is 1. The van der Waals surface area contributed by atoms with Crippen LogP contribution in [0.5, 0.6) is 0 Å². The molecular formula is C14H27N. The highest BCUT2D eigenvalue weighted by Gasteiger charge is 2.39. The van der Waals surface area contributed by atoms with Gasteiger partial charge < -0.3 is 5.32 Å². The Labute approximate surface area is 95.3 Å². The Morgan fingerprint density at radius 1 is 1.47 bits per heavy atom. The van der Waals surface area contributed by atoms with Gasteiger partial charge in [-0.05, 0) is 57.0 Å². The van der Waals surface area contributed by atoms with Crippen LogP contribution in [0.4, 0.5) is 0 Å². The maximum Gasteiger partial charge on any atom is -0.00232 e. The Kier molecular flexibility index (Phi) is 4.85. The summed E-state index contributed by atoms with van der Waals surface area (Å²) in [5.41, 5.74) is 1.99. The number of rotatable bonds is 6. The first kappa shape index (κ1) is 12.8. The summed E-state index contributed by atoms with van der Waals surface area (Å²) in [5.74, 6) is 0.879. The van der Waals surface area contributed by atoms with Crippen molar-refractivity contribution in [2.24, 2.45) is 11.3 Å². The van der Waals surface area contributed by atoms with Gasteiger partial charge in [0.1, 0.15) is 0 Å². The highest BCUT2D eigenvalue weighted by Crippen LogP contribution is 2.50. The first-order valence-electron chi connectivity index (χ1n) is 6.51. The summed E-state index contributed by atoms with van der Waals surface area (Å²) in [4.78, 5) is 0. The van der Waals surface area contributed by atoms with E-state index in [1.807, 2.05) is 0 Å². The molecule has 1 rings (SSSR count). The summed E-state index contributed by atoms with van der Waals surface area (Å²) in [6, 6.07) is 0. The fourth-order valence-corrected chi connectivity index (χ4v) is 3.28. The van der Waals surface area contributed by atoms with Crippen molar-refractivity contribution in [3.63, 3.8) is 0 Å². The van der Waals surface area contributed by atoms with Crippen molar-refractivity contribution >= 4 is 0 Å². The van der Waals surface area contributed by atoms with Crippen LogP contribution in [0.1, 0.15) is 52.4 Å². The number of allylic oxidation sites excluding steroid dienone is 1. The third-order valence-corrected chi connectivity index (χ3v) is 4.11. The second-order valence-corrected chi connectivity index (χ2v) is 5.15. The highest BCUT2D eigenvalue weighted by atomic mass is 14.8. The van der Waals surface area contributed by atoms with E-state index in [9.17, 15) is 0 Å². The van der Waals surface area contributed by atoms with Crippen molar-refractivity contribution in [3.05, 3.63) is 12.2 Å². The highest BCUT2D eigenvalue weighted by molar-refractivity contribution is 5.13. The first-order valence-corrected chi connectivity index (χ1v) is 6.51. The van der Waals surface area contributed by atoms with Crippen LogP contribution in [-0.4, -0.2) is 13.6 Å². The molecule has 15 heavy (non-hydrogen) atoms. The molecule has 1 aliphatic rings. The predicted molar refractivity (Wildman–Crippen MR) is 68.0 cm³/mol. The van der Waals surface area contributed by atoms with E-state index in [0.717, 1.165) is 12.3 Å². The molecule has 0 radical (unpaired) electrons. The minimum atomic E-state index is 0.491. The Morgan fingerprint density at radius 3 is 2.73 bits per heavy atom. The van der Waals surface area contributed by atoms with E-state index < -0.39 is 0 Å². The van der Waals surface area contributed by atoms with Gasteiger partial charge in [0.2, 0.25) is 0 Å². The molecule has 1 saturated carbocycles. The molecule has 0 heterocycles. The molecule has 1 fully saturated rings. The van der Waals surface area contributed by atoms with Crippen molar-refractivity contribution < 1.29 is 0 Å². The standard InChI is InChI=1S/C14H27N/c1-5-8-14(12(3)6-2)9-7-13(10-14)11-15-4/h13,15H,3,5-11H2,1-2,4H3. The topological polar surface area (TPSA) is 12.0 Å². The molecule has 2 atom stereocenters. The summed E-state index contributed by atoms with van der Waals surface area (Å²) >= 11 is 0. The lowest BCUT2D eigenvalue weighted by Gasteiger charge is -2.31. The van der Waals surface area contributed by atoms with E-state index in [4.69, 9.17) is 0 Å². The zero-order valence-electron chi connectivity index (χ0n) is 10.7. The van der Waals surface area contributed by atoms with Gasteiger partial charge in [0.25, 0.3) is 0 Å². The van der Waals surface area contributed by atoms with Gasteiger partial charge in [-0.2, -0.15) is 0 Å². The zero-order valence-corrected chi connectivity index (χ0v) is 10.7. The largest absolute Gasteiger partial charge is 0.319 e. The molecule has 0 aliphatic heterocycles. The van der Waals surface area contributed by atoms with Gasteiger partial charge in [-0.1, -0.05) is 32.4 Å². The smallest absolute Gasteiger partial charge is 0.00232 e. The lowest BCUT2D eigenvalue weighted by Crippen LogP contribution is -2.22. The van der Waals surface area contributed by atoms with Gasteiger partial charge in [-0.15, -0.1) is 0 Å². The number of hydrogen-bond donors (Lipinski definition) is 1. The molecule has 88 valence electrons. The van der Waals surface area contributed by atoms with Gasteiger partial charge in [0.05, 0.1) is 0 Å². The van der Waals surface area contributed by atoms with Crippen molar-refractivity contribution in [3.8, 4) is 0 Å². The van der Waals surface area contributed by atoms with E-state index in [-0.39, 0.29) is 0 Å². The van der Waals surface area contributed by atoms with Crippen molar-refractivity contribution in [2.45, 2.75) is 52.4 Å². The van der Waals surface area contributed by atoms with Crippen LogP contribution in [0.2, 0.25) is 0 Å². The summed E-state index contributed by atoms with van der Waals surface area (Å²) in [6.07, 6.45) is 7.94. The second kappa shape index (κ2) is 5.69. The maximum absolute atomic E-state index is 4.32. The molecule has 0 aromatic carbocycles. The summed E-state index contributed by atoms with van der Waals surface area (Å²) in [6.45, 7) is 10.1. The average molecular weight is 209 g/mol. The van der Waals surface area contributed by atoms with E-state index in [2.05, 4.69) is 32.8 Å². The lowest BCUT2D eigenvalue weighted by molar-refractivity contribution is 0.310. The molecule has 0 amide bonds. The van der Waals surface area contributed by atoms with Gasteiger partial charge in [0, 0.05) is 0 Å². The summed E-state index contributed by atoms with van der Waals surface area (Å²) < 4.78 is 0. The minimum Gasteiger partial charge on any atom is -0.319 e. The fourth-order valence-electron chi connectivity index (χ4n) is 3.28. The van der Waals surface area contributed by atoms with Crippen molar-refractivity contribution in [1.82, 2.24) is 5.32 Å². The Bertz CT molecular complexity index is 209. The first-order chi connectivity index (χ1) is 7.18. The van der Waals surface area contributed by atoms with Crippen LogP contribution in [0.25, 0.3) is 0 Å². The molecule has 0 spiro atoms. The molecule has 0 aromatic heterocycles. The molecule has 0 aromatic rings. The molecule has 2 unspecified atom stereocenters. The monoisotopic (exact) mass is 209 g/mol. The van der Waals surface area contributed by atoms with Gasteiger partial charge >= 0.3 is 0 Å². The molecule has 0 bridgehead atoms. The quantitative estimate of drug-likeness (QED) is 0.657. The average Bonchev–Trinajstić information content (AvgIpc) is 2.63. The van der Waals surface area contributed by atoms with E-state index in [0.29, 0.717) is 5.41 Å². The molecule has 1 N–H and O–H groups in total. The normalized spacial score (nSPS) is 30.7. The van der Waals surface area contributed by atoms with Gasteiger partial charge in [0.15, 0.2) is 0 Å². The third-order valence-electron chi connectivity index (χ3n) is 4.11. The van der Waals surface area contributed by atoms with Crippen LogP contribution < -0.4 is 5.32 Å². The van der Waals surface area contributed by atoms with Crippen molar-refractivity contribution in [1.29, 1.82) is 0 Å². The Balaban J connectivity index is 2.64. The van der Waals surface area contributed by atoms with E-state index in [1.54, 1.807) is 0 Å². The van der Waals surface area contributed by atoms with Crippen LogP contribution >= 0.6 is 0 Å². The van der Waals surface area contributed by atoms with Crippen LogP contribution in [0.3, 0.4) is 0 Å². The number of hydrogen-bond acceptors (Lipinski definition) is 1.